The maximum Gasteiger partial charge on any atom is 0.341 e. The van der Waals surface area contributed by atoms with Gasteiger partial charge in [0.15, 0.2) is 0 Å². The third-order valence-electron chi connectivity index (χ3n) is 4.44. The van der Waals surface area contributed by atoms with Crippen LogP contribution in [0.3, 0.4) is 0 Å². The van der Waals surface area contributed by atoms with Crippen molar-refractivity contribution < 1.29 is 23.9 Å². The van der Waals surface area contributed by atoms with Crippen LogP contribution in [-0.2, 0) is 4.74 Å². The SMILES string of the molecule is CCOC(=O)c1c(NC(=O)c2ccccc2OC)sc(C(=O)Nc2ccccc2)c1C. The van der Waals surface area contributed by atoms with Gasteiger partial charge in [-0.25, -0.2) is 4.79 Å². The fraction of sp³-hybridized carbons (Fsp3) is 0.174. The van der Waals surface area contributed by atoms with Crippen LogP contribution in [0.1, 0.15) is 42.9 Å². The second-order valence-corrected chi connectivity index (χ2v) is 7.48. The Morgan fingerprint density at radius 2 is 1.61 bits per heavy atom. The maximum absolute atomic E-state index is 12.9. The average Bonchev–Trinajstić information content (AvgIpc) is 3.10. The molecule has 0 spiro atoms. The molecule has 0 aliphatic rings. The molecular formula is C23H22N2O5S. The number of hydrogen-bond acceptors (Lipinski definition) is 6. The van der Waals surface area contributed by atoms with Crippen LogP contribution in [0.2, 0.25) is 0 Å². The van der Waals surface area contributed by atoms with E-state index in [4.69, 9.17) is 9.47 Å². The van der Waals surface area contributed by atoms with Crippen LogP contribution < -0.4 is 15.4 Å². The quantitative estimate of drug-likeness (QED) is 0.520. The van der Waals surface area contributed by atoms with Gasteiger partial charge in [-0.3, -0.25) is 9.59 Å². The highest BCUT2D eigenvalue weighted by Crippen LogP contribution is 2.35. The largest absolute Gasteiger partial charge is 0.496 e. The van der Waals surface area contributed by atoms with Crippen LogP contribution in [0.25, 0.3) is 0 Å². The van der Waals surface area contributed by atoms with Crippen molar-refractivity contribution in [1.29, 1.82) is 0 Å². The second kappa shape index (κ2) is 9.90. The third-order valence-corrected chi connectivity index (χ3v) is 5.65. The molecule has 1 heterocycles. The van der Waals surface area contributed by atoms with E-state index in [0.717, 1.165) is 11.3 Å². The number of ether oxygens (including phenoxy) is 2. The summed E-state index contributed by atoms with van der Waals surface area (Å²) in [5.41, 5.74) is 1.53. The maximum atomic E-state index is 12.9. The lowest BCUT2D eigenvalue weighted by atomic mass is 10.1. The zero-order valence-electron chi connectivity index (χ0n) is 17.4. The number of esters is 1. The van der Waals surface area contributed by atoms with E-state index in [1.165, 1.54) is 7.11 Å². The number of rotatable bonds is 7. The molecule has 0 saturated carbocycles. The van der Waals surface area contributed by atoms with Crippen molar-refractivity contribution in [3.05, 3.63) is 76.2 Å². The summed E-state index contributed by atoms with van der Waals surface area (Å²) in [5, 5.41) is 5.78. The van der Waals surface area contributed by atoms with Gasteiger partial charge < -0.3 is 20.1 Å². The van der Waals surface area contributed by atoms with E-state index >= 15 is 0 Å². The van der Waals surface area contributed by atoms with Crippen molar-refractivity contribution in [3.8, 4) is 5.75 Å². The molecule has 8 heteroatoms. The Kier molecular flexibility index (Phi) is 7.04. The third kappa shape index (κ3) is 4.92. The van der Waals surface area contributed by atoms with Crippen LogP contribution in [0.5, 0.6) is 5.75 Å². The highest BCUT2D eigenvalue weighted by molar-refractivity contribution is 7.19. The minimum atomic E-state index is -0.606. The molecule has 0 aliphatic carbocycles. The van der Waals surface area contributed by atoms with Crippen LogP contribution >= 0.6 is 11.3 Å². The van der Waals surface area contributed by atoms with Gasteiger partial charge in [0.05, 0.1) is 29.7 Å². The summed E-state index contributed by atoms with van der Waals surface area (Å²) in [7, 11) is 1.47. The number of hydrogen-bond donors (Lipinski definition) is 2. The number of benzene rings is 2. The van der Waals surface area contributed by atoms with Gasteiger partial charge in [-0.15, -0.1) is 11.3 Å². The molecule has 0 saturated heterocycles. The van der Waals surface area contributed by atoms with Gasteiger partial charge in [-0.05, 0) is 43.7 Å². The predicted octanol–water partition coefficient (Wildman–Crippen LogP) is 4.75. The normalized spacial score (nSPS) is 10.3. The number of amides is 2. The summed E-state index contributed by atoms with van der Waals surface area (Å²) in [6.45, 7) is 3.51. The summed E-state index contributed by atoms with van der Waals surface area (Å²) >= 11 is 1.02. The number of para-hydroxylation sites is 2. The Hall–Kier alpha value is -3.65. The van der Waals surface area contributed by atoms with Crippen molar-refractivity contribution in [2.75, 3.05) is 24.4 Å². The van der Waals surface area contributed by atoms with Crippen molar-refractivity contribution in [2.24, 2.45) is 0 Å². The van der Waals surface area contributed by atoms with E-state index in [9.17, 15) is 14.4 Å². The van der Waals surface area contributed by atoms with Gasteiger partial charge in [-0.1, -0.05) is 30.3 Å². The Morgan fingerprint density at radius 3 is 2.29 bits per heavy atom. The first-order valence-electron chi connectivity index (χ1n) is 9.57. The lowest BCUT2D eigenvalue weighted by Gasteiger charge is -2.09. The van der Waals surface area contributed by atoms with Crippen LogP contribution in [0.15, 0.2) is 54.6 Å². The molecule has 0 aliphatic heterocycles. The fourth-order valence-corrected chi connectivity index (χ4v) is 4.06. The zero-order chi connectivity index (χ0) is 22.4. The van der Waals surface area contributed by atoms with Crippen LogP contribution in [-0.4, -0.2) is 31.5 Å². The van der Waals surface area contributed by atoms with Crippen molar-refractivity contribution in [3.63, 3.8) is 0 Å². The zero-order valence-corrected chi connectivity index (χ0v) is 18.2. The highest BCUT2D eigenvalue weighted by atomic mass is 32.1. The number of carbonyl (C=O) groups excluding carboxylic acids is 3. The molecule has 7 nitrogen and oxygen atoms in total. The minimum Gasteiger partial charge on any atom is -0.496 e. The minimum absolute atomic E-state index is 0.160. The monoisotopic (exact) mass is 438 g/mol. The number of methoxy groups -OCH3 is 1. The van der Waals surface area contributed by atoms with Crippen molar-refractivity contribution >= 4 is 39.8 Å². The van der Waals surface area contributed by atoms with Gasteiger partial charge in [-0.2, -0.15) is 0 Å². The van der Waals surface area contributed by atoms with Gasteiger partial charge in [0, 0.05) is 5.69 Å². The van der Waals surface area contributed by atoms with Gasteiger partial charge >= 0.3 is 5.97 Å². The smallest absolute Gasteiger partial charge is 0.341 e. The second-order valence-electron chi connectivity index (χ2n) is 6.46. The van der Waals surface area contributed by atoms with E-state index in [1.54, 1.807) is 62.4 Å². The molecule has 3 rings (SSSR count). The Balaban J connectivity index is 1.96. The molecule has 0 atom stereocenters. The van der Waals surface area contributed by atoms with Crippen LogP contribution in [0, 0.1) is 6.92 Å². The molecule has 0 fully saturated rings. The summed E-state index contributed by atoms with van der Waals surface area (Å²) in [4.78, 5) is 38.6. The Morgan fingerprint density at radius 1 is 0.935 bits per heavy atom. The first kappa shape index (κ1) is 22.0. The molecule has 2 aromatic carbocycles. The van der Waals surface area contributed by atoms with E-state index in [2.05, 4.69) is 10.6 Å². The summed E-state index contributed by atoms with van der Waals surface area (Å²) in [6, 6.07) is 15.7. The standard InChI is InChI=1S/C23H22N2O5S/c1-4-30-23(28)18-14(2)19(21(27)24-15-10-6-5-7-11-15)31-22(18)25-20(26)16-12-8-9-13-17(16)29-3/h5-13H,4H2,1-3H3,(H,24,27)(H,25,26). The lowest BCUT2D eigenvalue weighted by molar-refractivity contribution is 0.0527. The molecule has 0 unspecified atom stereocenters. The van der Waals surface area contributed by atoms with Crippen molar-refractivity contribution in [1.82, 2.24) is 0 Å². The first-order valence-corrected chi connectivity index (χ1v) is 10.4. The molecular weight excluding hydrogens is 416 g/mol. The van der Waals surface area contributed by atoms with Gasteiger partial charge in [0.1, 0.15) is 10.8 Å². The summed E-state index contributed by atoms with van der Waals surface area (Å²) in [5.74, 6) is -1.05. The highest BCUT2D eigenvalue weighted by Gasteiger charge is 2.27. The molecule has 2 N–H and O–H groups in total. The fourth-order valence-electron chi connectivity index (χ4n) is 2.98. The molecule has 2 amide bonds. The van der Waals surface area contributed by atoms with E-state index < -0.39 is 11.9 Å². The Labute approximate surface area is 184 Å². The first-order chi connectivity index (χ1) is 15.0. The molecule has 1 aromatic heterocycles. The van der Waals surface area contributed by atoms with Gasteiger partial charge in [0.25, 0.3) is 11.8 Å². The average molecular weight is 439 g/mol. The topological polar surface area (TPSA) is 93.7 Å². The number of anilines is 2. The van der Waals surface area contributed by atoms with E-state index in [1.807, 2.05) is 6.07 Å². The number of thiophene rings is 1. The van der Waals surface area contributed by atoms with Crippen molar-refractivity contribution in [2.45, 2.75) is 13.8 Å². The summed E-state index contributed by atoms with van der Waals surface area (Å²) in [6.07, 6.45) is 0. The van der Waals surface area contributed by atoms with E-state index in [0.29, 0.717) is 27.4 Å². The molecule has 160 valence electrons. The summed E-state index contributed by atoms with van der Waals surface area (Å²) < 4.78 is 10.4. The molecule has 3 aromatic rings. The van der Waals surface area contributed by atoms with Gasteiger partial charge in [0.2, 0.25) is 0 Å². The predicted molar refractivity (Wildman–Crippen MR) is 120 cm³/mol. The Bertz CT molecular complexity index is 1110. The molecule has 0 bridgehead atoms. The van der Waals surface area contributed by atoms with Crippen LogP contribution in [0.4, 0.5) is 10.7 Å². The molecule has 31 heavy (non-hydrogen) atoms. The van der Waals surface area contributed by atoms with E-state index in [-0.39, 0.29) is 23.1 Å². The number of nitrogens with one attached hydrogen (secondary N) is 2. The number of carbonyl (C=O) groups is 3. The molecule has 0 radical (unpaired) electrons. The lowest BCUT2D eigenvalue weighted by Crippen LogP contribution is -2.15.